The Kier molecular flexibility index (Phi) is 3.72. The van der Waals surface area contributed by atoms with Crippen LogP contribution < -0.4 is 5.73 Å². The van der Waals surface area contributed by atoms with Crippen LogP contribution in [0.15, 0.2) is 42.9 Å². The highest BCUT2D eigenvalue weighted by Gasteiger charge is 2.01. The second-order valence-electron chi connectivity index (χ2n) is 3.89. The molecule has 0 spiro atoms. The predicted molar refractivity (Wildman–Crippen MR) is 65.1 cm³/mol. The van der Waals surface area contributed by atoms with E-state index in [2.05, 4.69) is 33.8 Å². The normalized spacial score (nSPS) is 10.6. The van der Waals surface area contributed by atoms with Crippen LogP contribution in [-0.2, 0) is 13.0 Å². The number of imidazole rings is 1. The molecule has 0 aliphatic rings. The lowest BCUT2D eigenvalue weighted by molar-refractivity contribution is 0.708. The van der Waals surface area contributed by atoms with Crippen LogP contribution in [0.2, 0.25) is 0 Å². The molecular formula is C13H17N3. The molecule has 0 aliphatic heterocycles. The predicted octanol–water partition coefficient (Wildman–Crippen LogP) is 1.82. The monoisotopic (exact) mass is 215 g/mol. The molecule has 3 nitrogen and oxygen atoms in total. The van der Waals surface area contributed by atoms with Crippen molar-refractivity contribution in [2.75, 3.05) is 6.54 Å². The molecule has 0 atom stereocenters. The average Bonchev–Trinajstić information content (AvgIpc) is 2.75. The Hall–Kier alpha value is -1.61. The molecule has 0 fully saturated rings. The van der Waals surface area contributed by atoms with E-state index in [9.17, 15) is 0 Å². The summed E-state index contributed by atoms with van der Waals surface area (Å²) in [5.41, 5.74) is 8.08. The zero-order chi connectivity index (χ0) is 11.2. The lowest BCUT2D eigenvalue weighted by atomic mass is 10.2. The van der Waals surface area contributed by atoms with Crippen LogP contribution in [0.1, 0.15) is 17.7 Å². The quantitative estimate of drug-likeness (QED) is 0.826. The van der Waals surface area contributed by atoms with E-state index in [0.29, 0.717) is 0 Å². The zero-order valence-electron chi connectivity index (χ0n) is 9.34. The number of benzene rings is 1. The van der Waals surface area contributed by atoms with Crippen LogP contribution in [0, 0.1) is 0 Å². The summed E-state index contributed by atoms with van der Waals surface area (Å²) in [5, 5.41) is 0. The third-order valence-electron chi connectivity index (χ3n) is 2.63. The topological polar surface area (TPSA) is 43.8 Å². The molecule has 2 aromatic rings. The van der Waals surface area contributed by atoms with Crippen LogP contribution >= 0.6 is 0 Å². The average molecular weight is 215 g/mol. The highest BCUT2D eigenvalue weighted by atomic mass is 15.0. The van der Waals surface area contributed by atoms with Gasteiger partial charge in [0.05, 0.1) is 6.33 Å². The molecule has 84 valence electrons. The van der Waals surface area contributed by atoms with E-state index in [1.54, 1.807) is 0 Å². The van der Waals surface area contributed by atoms with Crippen LogP contribution in [0.25, 0.3) is 0 Å². The Morgan fingerprint density at radius 3 is 2.75 bits per heavy atom. The number of hydrogen-bond donors (Lipinski definition) is 1. The third-order valence-corrected chi connectivity index (χ3v) is 2.63. The van der Waals surface area contributed by atoms with Crippen molar-refractivity contribution in [2.45, 2.75) is 19.4 Å². The molecule has 0 radical (unpaired) electrons. The highest BCUT2D eigenvalue weighted by Crippen LogP contribution is 2.07. The first-order valence-electron chi connectivity index (χ1n) is 5.63. The number of rotatable bonds is 5. The summed E-state index contributed by atoms with van der Waals surface area (Å²) in [6.07, 6.45) is 5.83. The molecule has 2 N–H and O–H groups in total. The van der Waals surface area contributed by atoms with E-state index < -0.39 is 0 Å². The first-order chi connectivity index (χ1) is 7.90. The van der Waals surface area contributed by atoms with Crippen molar-refractivity contribution in [1.29, 1.82) is 0 Å². The van der Waals surface area contributed by atoms with E-state index in [1.165, 1.54) is 11.3 Å². The summed E-state index contributed by atoms with van der Waals surface area (Å²) in [6.45, 7) is 1.62. The van der Waals surface area contributed by atoms with Gasteiger partial charge < -0.3 is 10.3 Å². The molecule has 0 amide bonds. The fourth-order valence-corrected chi connectivity index (χ4v) is 1.76. The van der Waals surface area contributed by atoms with Crippen molar-refractivity contribution in [1.82, 2.24) is 9.55 Å². The van der Waals surface area contributed by atoms with Crippen LogP contribution in [0.5, 0.6) is 0 Å². The van der Waals surface area contributed by atoms with Gasteiger partial charge in [0.1, 0.15) is 0 Å². The van der Waals surface area contributed by atoms with Crippen molar-refractivity contribution in [2.24, 2.45) is 5.73 Å². The SMILES string of the molecule is NCCCc1cncn1Cc1ccccc1. The molecule has 0 bridgehead atoms. The first-order valence-corrected chi connectivity index (χ1v) is 5.63. The van der Waals surface area contributed by atoms with E-state index in [1.807, 2.05) is 18.6 Å². The van der Waals surface area contributed by atoms with Gasteiger partial charge in [-0.25, -0.2) is 4.98 Å². The maximum absolute atomic E-state index is 5.52. The molecule has 0 saturated heterocycles. The molecule has 16 heavy (non-hydrogen) atoms. The number of nitrogens with two attached hydrogens (primary N) is 1. The van der Waals surface area contributed by atoms with Crippen molar-refractivity contribution in [3.05, 3.63) is 54.1 Å². The zero-order valence-corrected chi connectivity index (χ0v) is 9.34. The van der Waals surface area contributed by atoms with Crippen molar-refractivity contribution >= 4 is 0 Å². The summed E-state index contributed by atoms with van der Waals surface area (Å²) in [6, 6.07) is 10.4. The lowest BCUT2D eigenvalue weighted by Crippen LogP contribution is -2.06. The first kappa shape index (κ1) is 10.9. The summed E-state index contributed by atoms with van der Waals surface area (Å²) >= 11 is 0. The standard InChI is InChI=1S/C13H17N3/c14-8-4-7-13-9-15-11-16(13)10-12-5-2-1-3-6-12/h1-3,5-6,9,11H,4,7-8,10,14H2. The minimum atomic E-state index is 0.733. The number of aromatic nitrogens is 2. The van der Waals surface area contributed by atoms with Gasteiger partial charge in [0.2, 0.25) is 0 Å². The van der Waals surface area contributed by atoms with Gasteiger partial charge in [0.25, 0.3) is 0 Å². The van der Waals surface area contributed by atoms with Crippen LogP contribution in [-0.4, -0.2) is 16.1 Å². The van der Waals surface area contributed by atoms with Gasteiger partial charge in [-0.2, -0.15) is 0 Å². The maximum Gasteiger partial charge on any atom is 0.0951 e. The fourth-order valence-electron chi connectivity index (χ4n) is 1.76. The largest absolute Gasteiger partial charge is 0.330 e. The van der Waals surface area contributed by atoms with Gasteiger partial charge in [-0.1, -0.05) is 30.3 Å². The summed E-state index contributed by atoms with van der Waals surface area (Å²) < 4.78 is 2.19. The van der Waals surface area contributed by atoms with Gasteiger partial charge >= 0.3 is 0 Å². The van der Waals surface area contributed by atoms with Crippen LogP contribution in [0.4, 0.5) is 0 Å². The number of nitrogens with zero attached hydrogens (tertiary/aromatic N) is 2. The van der Waals surface area contributed by atoms with E-state index in [0.717, 1.165) is 25.9 Å². The fraction of sp³-hybridized carbons (Fsp3) is 0.308. The molecule has 1 heterocycles. The smallest absolute Gasteiger partial charge is 0.0951 e. The lowest BCUT2D eigenvalue weighted by Gasteiger charge is -2.07. The molecule has 2 rings (SSSR count). The Labute approximate surface area is 95.9 Å². The highest BCUT2D eigenvalue weighted by molar-refractivity contribution is 5.16. The van der Waals surface area contributed by atoms with Gasteiger partial charge in [-0.05, 0) is 24.9 Å². The molecule has 1 aromatic carbocycles. The minimum absolute atomic E-state index is 0.733. The third kappa shape index (κ3) is 2.70. The summed E-state index contributed by atoms with van der Waals surface area (Å²) in [5.74, 6) is 0. The molecule has 0 unspecified atom stereocenters. The summed E-state index contributed by atoms with van der Waals surface area (Å²) in [4.78, 5) is 4.19. The van der Waals surface area contributed by atoms with Gasteiger partial charge in [-0.3, -0.25) is 0 Å². The second-order valence-corrected chi connectivity index (χ2v) is 3.89. The molecule has 3 heteroatoms. The Morgan fingerprint density at radius 2 is 2.00 bits per heavy atom. The van der Waals surface area contributed by atoms with Gasteiger partial charge in [0.15, 0.2) is 0 Å². The molecule has 0 aliphatic carbocycles. The van der Waals surface area contributed by atoms with Gasteiger partial charge in [0, 0.05) is 18.4 Å². The summed E-state index contributed by atoms with van der Waals surface area (Å²) in [7, 11) is 0. The Bertz CT molecular complexity index is 420. The van der Waals surface area contributed by atoms with E-state index in [-0.39, 0.29) is 0 Å². The number of aryl methyl sites for hydroxylation is 1. The Balaban J connectivity index is 2.07. The van der Waals surface area contributed by atoms with E-state index in [4.69, 9.17) is 5.73 Å². The minimum Gasteiger partial charge on any atom is -0.330 e. The van der Waals surface area contributed by atoms with E-state index >= 15 is 0 Å². The van der Waals surface area contributed by atoms with Crippen molar-refractivity contribution in [3.8, 4) is 0 Å². The molecule has 1 aromatic heterocycles. The molecule has 0 saturated carbocycles. The van der Waals surface area contributed by atoms with Crippen molar-refractivity contribution in [3.63, 3.8) is 0 Å². The van der Waals surface area contributed by atoms with Crippen LogP contribution in [0.3, 0.4) is 0 Å². The maximum atomic E-state index is 5.52. The Morgan fingerprint density at radius 1 is 1.19 bits per heavy atom. The number of hydrogen-bond acceptors (Lipinski definition) is 2. The molecular weight excluding hydrogens is 198 g/mol. The van der Waals surface area contributed by atoms with Crippen molar-refractivity contribution < 1.29 is 0 Å². The second kappa shape index (κ2) is 5.47. The van der Waals surface area contributed by atoms with Gasteiger partial charge in [-0.15, -0.1) is 0 Å².